The number of carbonyl (C=O) groups is 1. The molecule has 5 nitrogen and oxygen atoms in total. The SMILES string of the molecule is CCOC(C[C@@H](C#N)C(=O)OC)OCC. The first kappa shape index (κ1) is 13.9. The molecule has 0 N–H and O–H groups in total. The molecule has 86 valence electrons. The van der Waals surface area contributed by atoms with E-state index in [1.54, 1.807) is 0 Å². The van der Waals surface area contributed by atoms with Crippen LogP contribution in [0.25, 0.3) is 0 Å². The molecule has 0 aromatic heterocycles. The van der Waals surface area contributed by atoms with Crippen molar-refractivity contribution in [3.63, 3.8) is 0 Å². The molecule has 0 aromatic carbocycles. The zero-order valence-electron chi connectivity index (χ0n) is 9.36. The van der Waals surface area contributed by atoms with Gasteiger partial charge in [-0.15, -0.1) is 0 Å². The van der Waals surface area contributed by atoms with Crippen molar-refractivity contribution >= 4 is 5.97 Å². The molecule has 0 heterocycles. The third-order valence-corrected chi connectivity index (χ3v) is 1.77. The van der Waals surface area contributed by atoms with Gasteiger partial charge in [-0.2, -0.15) is 5.26 Å². The van der Waals surface area contributed by atoms with Crippen molar-refractivity contribution in [2.45, 2.75) is 26.6 Å². The van der Waals surface area contributed by atoms with E-state index in [0.29, 0.717) is 13.2 Å². The van der Waals surface area contributed by atoms with E-state index < -0.39 is 18.2 Å². The summed E-state index contributed by atoms with van der Waals surface area (Å²) >= 11 is 0. The van der Waals surface area contributed by atoms with E-state index in [1.807, 2.05) is 19.9 Å². The Labute approximate surface area is 89.9 Å². The monoisotopic (exact) mass is 215 g/mol. The van der Waals surface area contributed by atoms with Gasteiger partial charge in [0.25, 0.3) is 0 Å². The summed E-state index contributed by atoms with van der Waals surface area (Å²) < 4.78 is 14.9. The second-order valence-electron chi connectivity index (χ2n) is 2.78. The summed E-state index contributed by atoms with van der Waals surface area (Å²) in [5, 5.41) is 8.75. The van der Waals surface area contributed by atoms with E-state index >= 15 is 0 Å². The van der Waals surface area contributed by atoms with Crippen LogP contribution in [0, 0.1) is 17.2 Å². The molecule has 0 aliphatic heterocycles. The molecule has 0 saturated carbocycles. The van der Waals surface area contributed by atoms with Crippen molar-refractivity contribution in [1.82, 2.24) is 0 Å². The third-order valence-electron chi connectivity index (χ3n) is 1.77. The maximum atomic E-state index is 11.1. The predicted octanol–water partition coefficient (Wildman–Crippen LogP) is 1.09. The maximum Gasteiger partial charge on any atom is 0.323 e. The van der Waals surface area contributed by atoms with Gasteiger partial charge in [0.15, 0.2) is 6.29 Å². The average molecular weight is 215 g/mol. The van der Waals surface area contributed by atoms with Crippen LogP contribution in [0.5, 0.6) is 0 Å². The topological polar surface area (TPSA) is 68.5 Å². The largest absolute Gasteiger partial charge is 0.468 e. The number of ether oxygens (including phenoxy) is 3. The van der Waals surface area contributed by atoms with Gasteiger partial charge in [-0.1, -0.05) is 0 Å². The molecule has 0 unspecified atom stereocenters. The predicted molar refractivity (Wildman–Crippen MR) is 52.8 cm³/mol. The number of hydrogen-bond donors (Lipinski definition) is 0. The Morgan fingerprint density at radius 3 is 2.20 bits per heavy atom. The highest BCUT2D eigenvalue weighted by atomic mass is 16.7. The quantitative estimate of drug-likeness (QED) is 0.469. The Bertz CT molecular complexity index is 218. The van der Waals surface area contributed by atoms with E-state index in [-0.39, 0.29) is 6.42 Å². The van der Waals surface area contributed by atoms with Crippen molar-refractivity contribution in [3.8, 4) is 6.07 Å². The molecule has 0 radical (unpaired) electrons. The normalized spacial score (nSPS) is 12.2. The van der Waals surface area contributed by atoms with Crippen LogP contribution in [0.15, 0.2) is 0 Å². The first-order chi connectivity index (χ1) is 7.19. The smallest absolute Gasteiger partial charge is 0.323 e. The van der Waals surface area contributed by atoms with Gasteiger partial charge < -0.3 is 14.2 Å². The summed E-state index contributed by atoms with van der Waals surface area (Å²) in [6.45, 7) is 4.60. The van der Waals surface area contributed by atoms with E-state index in [0.717, 1.165) is 0 Å². The van der Waals surface area contributed by atoms with Crippen molar-refractivity contribution < 1.29 is 19.0 Å². The lowest BCUT2D eigenvalue weighted by Crippen LogP contribution is -2.25. The lowest BCUT2D eigenvalue weighted by Gasteiger charge is -2.18. The zero-order valence-corrected chi connectivity index (χ0v) is 9.36. The molecule has 0 saturated heterocycles. The number of hydrogen-bond acceptors (Lipinski definition) is 5. The summed E-state index contributed by atoms with van der Waals surface area (Å²) in [7, 11) is 1.25. The second-order valence-corrected chi connectivity index (χ2v) is 2.78. The van der Waals surface area contributed by atoms with Crippen LogP contribution in [0.3, 0.4) is 0 Å². The Morgan fingerprint density at radius 2 is 1.87 bits per heavy atom. The molecule has 1 atom stereocenters. The first-order valence-corrected chi connectivity index (χ1v) is 4.90. The summed E-state index contributed by atoms with van der Waals surface area (Å²) in [4.78, 5) is 11.1. The van der Waals surface area contributed by atoms with Crippen LogP contribution in [-0.4, -0.2) is 32.6 Å². The fourth-order valence-electron chi connectivity index (χ4n) is 1.09. The Morgan fingerprint density at radius 1 is 1.33 bits per heavy atom. The van der Waals surface area contributed by atoms with Gasteiger partial charge in [0.1, 0.15) is 5.92 Å². The minimum atomic E-state index is -0.835. The second kappa shape index (κ2) is 8.21. The third kappa shape index (κ3) is 5.35. The van der Waals surface area contributed by atoms with Crippen molar-refractivity contribution in [2.24, 2.45) is 5.92 Å². The fourth-order valence-corrected chi connectivity index (χ4v) is 1.09. The Kier molecular flexibility index (Phi) is 7.60. The molecular weight excluding hydrogens is 198 g/mol. The number of nitriles is 1. The number of esters is 1. The van der Waals surface area contributed by atoms with Crippen LogP contribution in [0.4, 0.5) is 0 Å². The number of nitrogens with zero attached hydrogens (tertiary/aromatic N) is 1. The zero-order chi connectivity index (χ0) is 11.7. The Balaban J connectivity index is 4.22. The molecule has 0 bridgehead atoms. The Hall–Kier alpha value is -1.12. The molecule has 15 heavy (non-hydrogen) atoms. The van der Waals surface area contributed by atoms with E-state index in [1.165, 1.54) is 7.11 Å². The van der Waals surface area contributed by atoms with Crippen LogP contribution >= 0.6 is 0 Å². The highest BCUT2D eigenvalue weighted by Crippen LogP contribution is 2.11. The molecule has 0 spiro atoms. The summed E-state index contributed by atoms with van der Waals surface area (Å²) in [6, 6.07) is 1.87. The van der Waals surface area contributed by atoms with Gasteiger partial charge >= 0.3 is 5.97 Å². The fraction of sp³-hybridized carbons (Fsp3) is 0.800. The standard InChI is InChI=1S/C10H17NO4/c1-4-14-9(15-5-2)6-8(7-11)10(12)13-3/h8-9H,4-6H2,1-3H3/t8-/m0/s1. The molecule has 5 heteroatoms. The number of rotatable bonds is 7. The highest BCUT2D eigenvalue weighted by molar-refractivity contribution is 5.74. The van der Waals surface area contributed by atoms with Crippen LogP contribution < -0.4 is 0 Å². The van der Waals surface area contributed by atoms with Gasteiger partial charge in [-0.25, -0.2) is 0 Å². The molecule has 0 aliphatic carbocycles. The van der Waals surface area contributed by atoms with Gasteiger partial charge in [-0.3, -0.25) is 4.79 Å². The molecule has 0 fully saturated rings. The molecule has 0 aliphatic rings. The molecular formula is C10H17NO4. The van der Waals surface area contributed by atoms with Gasteiger partial charge in [0.2, 0.25) is 0 Å². The lowest BCUT2D eigenvalue weighted by atomic mass is 10.1. The summed E-state index contributed by atoms with van der Waals surface area (Å²) in [5.74, 6) is -1.39. The maximum absolute atomic E-state index is 11.1. The molecule has 0 aromatic rings. The summed E-state index contributed by atoms with van der Waals surface area (Å²) in [5.41, 5.74) is 0. The van der Waals surface area contributed by atoms with Crippen LogP contribution in [0.1, 0.15) is 20.3 Å². The molecule has 0 amide bonds. The molecule has 0 rings (SSSR count). The van der Waals surface area contributed by atoms with Crippen LogP contribution in [0.2, 0.25) is 0 Å². The first-order valence-electron chi connectivity index (χ1n) is 4.90. The van der Waals surface area contributed by atoms with Crippen molar-refractivity contribution in [1.29, 1.82) is 5.26 Å². The minimum Gasteiger partial charge on any atom is -0.468 e. The lowest BCUT2D eigenvalue weighted by molar-refractivity contribution is -0.159. The van der Waals surface area contributed by atoms with E-state index in [2.05, 4.69) is 4.74 Å². The highest BCUT2D eigenvalue weighted by Gasteiger charge is 2.24. The number of carbonyl (C=O) groups excluding carboxylic acids is 1. The van der Waals surface area contributed by atoms with Gasteiger partial charge in [-0.05, 0) is 13.8 Å². The van der Waals surface area contributed by atoms with E-state index in [4.69, 9.17) is 14.7 Å². The van der Waals surface area contributed by atoms with E-state index in [9.17, 15) is 4.79 Å². The summed E-state index contributed by atoms with van der Waals surface area (Å²) in [6.07, 6.45) is -0.325. The van der Waals surface area contributed by atoms with Gasteiger partial charge in [0, 0.05) is 19.6 Å². The van der Waals surface area contributed by atoms with Crippen molar-refractivity contribution in [2.75, 3.05) is 20.3 Å². The number of methoxy groups -OCH3 is 1. The average Bonchev–Trinajstić information content (AvgIpc) is 2.25. The van der Waals surface area contributed by atoms with Gasteiger partial charge in [0.05, 0.1) is 13.2 Å². The minimum absolute atomic E-state index is 0.199. The van der Waals surface area contributed by atoms with Crippen LogP contribution in [-0.2, 0) is 19.0 Å². The van der Waals surface area contributed by atoms with Crippen molar-refractivity contribution in [3.05, 3.63) is 0 Å².